The highest BCUT2D eigenvalue weighted by Gasteiger charge is 2.20. The summed E-state index contributed by atoms with van der Waals surface area (Å²) in [6.07, 6.45) is 2.87. The highest BCUT2D eigenvalue weighted by Crippen LogP contribution is 2.17. The fourth-order valence-electron chi connectivity index (χ4n) is 2.35. The predicted molar refractivity (Wildman–Crippen MR) is 74.3 cm³/mol. The van der Waals surface area contributed by atoms with E-state index in [1.807, 2.05) is 0 Å². The Morgan fingerprint density at radius 3 is 3.16 bits per heavy atom. The Labute approximate surface area is 114 Å². The molecule has 0 aromatic carbocycles. The Morgan fingerprint density at radius 1 is 1.63 bits per heavy atom. The minimum Gasteiger partial charge on any atom is -0.462 e. The number of esters is 1. The molecule has 104 valence electrons. The Kier molecular flexibility index (Phi) is 4.74. The number of rotatable bonds is 5. The van der Waals surface area contributed by atoms with Crippen LogP contribution in [0.25, 0.3) is 0 Å². The molecule has 19 heavy (non-hydrogen) atoms. The van der Waals surface area contributed by atoms with E-state index in [4.69, 9.17) is 4.74 Å². The van der Waals surface area contributed by atoms with Gasteiger partial charge in [-0.1, -0.05) is 0 Å². The number of nitrogens with one attached hydrogen (secondary N) is 1. The number of likely N-dealkylation sites (tertiary alicyclic amines) is 1. The van der Waals surface area contributed by atoms with Crippen LogP contribution in [0.2, 0.25) is 0 Å². The lowest BCUT2D eigenvalue weighted by molar-refractivity contribution is 0.0527. The maximum Gasteiger partial charge on any atom is 0.341 e. The van der Waals surface area contributed by atoms with Gasteiger partial charge in [-0.3, -0.25) is 0 Å². The summed E-state index contributed by atoms with van der Waals surface area (Å²) in [5, 5.41) is 3.28. The van der Waals surface area contributed by atoms with Gasteiger partial charge in [-0.15, -0.1) is 0 Å². The SMILES string of the molecule is CCOC(=O)c1cccnc1NCC1CCN(C)C1. The molecule has 1 saturated heterocycles. The summed E-state index contributed by atoms with van der Waals surface area (Å²) >= 11 is 0. The van der Waals surface area contributed by atoms with Crippen molar-refractivity contribution in [3.63, 3.8) is 0 Å². The van der Waals surface area contributed by atoms with E-state index in [0.717, 1.165) is 19.6 Å². The van der Waals surface area contributed by atoms with Gasteiger partial charge in [0.05, 0.1) is 6.61 Å². The molecule has 5 nitrogen and oxygen atoms in total. The third-order valence-electron chi connectivity index (χ3n) is 3.35. The van der Waals surface area contributed by atoms with E-state index < -0.39 is 0 Å². The number of pyridine rings is 1. The van der Waals surface area contributed by atoms with Crippen LogP contribution in [0.1, 0.15) is 23.7 Å². The van der Waals surface area contributed by atoms with Crippen LogP contribution >= 0.6 is 0 Å². The van der Waals surface area contributed by atoms with Crippen molar-refractivity contribution in [2.24, 2.45) is 5.92 Å². The zero-order chi connectivity index (χ0) is 13.7. The van der Waals surface area contributed by atoms with Gasteiger partial charge in [0, 0.05) is 19.3 Å². The first-order valence-corrected chi connectivity index (χ1v) is 6.75. The molecule has 0 spiro atoms. The molecular weight excluding hydrogens is 242 g/mol. The van der Waals surface area contributed by atoms with Gasteiger partial charge in [0.2, 0.25) is 0 Å². The molecule has 0 saturated carbocycles. The van der Waals surface area contributed by atoms with Crippen LogP contribution in [0.4, 0.5) is 5.82 Å². The number of carbonyl (C=O) groups excluding carboxylic acids is 1. The molecule has 0 bridgehead atoms. The van der Waals surface area contributed by atoms with Gasteiger partial charge in [0.25, 0.3) is 0 Å². The van der Waals surface area contributed by atoms with Crippen LogP contribution in [-0.2, 0) is 4.74 Å². The molecule has 1 aromatic heterocycles. The quantitative estimate of drug-likeness (QED) is 0.818. The van der Waals surface area contributed by atoms with Gasteiger partial charge in [0.15, 0.2) is 0 Å². The first-order valence-electron chi connectivity index (χ1n) is 6.75. The number of hydrogen-bond acceptors (Lipinski definition) is 5. The molecular formula is C14H21N3O2. The third kappa shape index (κ3) is 3.67. The normalized spacial score (nSPS) is 19.4. The van der Waals surface area contributed by atoms with E-state index >= 15 is 0 Å². The number of nitrogens with zero attached hydrogens (tertiary/aromatic N) is 2. The van der Waals surface area contributed by atoms with Crippen molar-refractivity contribution < 1.29 is 9.53 Å². The zero-order valence-corrected chi connectivity index (χ0v) is 11.6. The predicted octanol–water partition coefficient (Wildman–Crippen LogP) is 1.62. The van der Waals surface area contributed by atoms with E-state index in [1.54, 1.807) is 25.3 Å². The maximum absolute atomic E-state index is 11.8. The second-order valence-corrected chi connectivity index (χ2v) is 4.92. The van der Waals surface area contributed by atoms with Crippen LogP contribution < -0.4 is 5.32 Å². The molecule has 0 radical (unpaired) electrons. The van der Waals surface area contributed by atoms with Crippen LogP contribution in [0, 0.1) is 5.92 Å². The molecule has 1 aliphatic heterocycles. The van der Waals surface area contributed by atoms with Gasteiger partial charge in [-0.2, -0.15) is 0 Å². The Balaban J connectivity index is 1.97. The number of ether oxygens (including phenoxy) is 1. The molecule has 1 N–H and O–H groups in total. The zero-order valence-electron chi connectivity index (χ0n) is 11.6. The van der Waals surface area contributed by atoms with Crippen molar-refractivity contribution in [2.45, 2.75) is 13.3 Å². The molecule has 2 rings (SSSR count). The summed E-state index contributed by atoms with van der Waals surface area (Å²) in [5.41, 5.74) is 0.510. The first-order chi connectivity index (χ1) is 9.20. The number of hydrogen-bond donors (Lipinski definition) is 1. The van der Waals surface area contributed by atoms with Crippen LogP contribution in [0.5, 0.6) is 0 Å². The highest BCUT2D eigenvalue weighted by molar-refractivity contribution is 5.94. The third-order valence-corrected chi connectivity index (χ3v) is 3.35. The van der Waals surface area contributed by atoms with Gasteiger partial charge >= 0.3 is 5.97 Å². The molecule has 5 heteroatoms. The molecule has 1 fully saturated rings. The Bertz CT molecular complexity index is 436. The summed E-state index contributed by atoms with van der Waals surface area (Å²) < 4.78 is 5.03. The van der Waals surface area contributed by atoms with Crippen LogP contribution in [-0.4, -0.2) is 49.1 Å². The molecule has 1 atom stereocenters. The average Bonchev–Trinajstić information content (AvgIpc) is 2.83. The lowest BCUT2D eigenvalue weighted by Gasteiger charge is -2.14. The fourth-order valence-corrected chi connectivity index (χ4v) is 2.35. The second-order valence-electron chi connectivity index (χ2n) is 4.92. The minimum atomic E-state index is -0.318. The van der Waals surface area contributed by atoms with Crippen molar-refractivity contribution in [1.29, 1.82) is 0 Å². The van der Waals surface area contributed by atoms with E-state index in [1.165, 1.54) is 6.42 Å². The van der Waals surface area contributed by atoms with Gasteiger partial charge in [0.1, 0.15) is 11.4 Å². The molecule has 1 aromatic rings. The van der Waals surface area contributed by atoms with Crippen LogP contribution in [0.15, 0.2) is 18.3 Å². The monoisotopic (exact) mass is 263 g/mol. The Hall–Kier alpha value is -1.62. The van der Waals surface area contributed by atoms with Crippen molar-refractivity contribution in [2.75, 3.05) is 38.6 Å². The fraction of sp³-hybridized carbons (Fsp3) is 0.571. The van der Waals surface area contributed by atoms with E-state index in [-0.39, 0.29) is 5.97 Å². The lowest BCUT2D eigenvalue weighted by atomic mass is 10.1. The lowest BCUT2D eigenvalue weighted by Crippen LogP contribution is -2.20. The van der Waals surface area contributed by atoms with E-state index in [2.05, 4.69) is 22.2 Å². The molecule has 2 heterocycles. The van der Waals surface area contributed by atoms with Crippen molar-refractivity contribution in [3.05, 3.63) is 23.9 Å². The van der Waals surface area contributed by atoms with E-state index in [9.17, 15) is 4.79 Å². The standard InChI is InChI=1S/C14H21N3O2/c1-3-19-14(18)12-5-4-7-15-13(12)16-9-11-6-8-17(2)10-11/h4-5,7,11H,3,6,8-10H2,1-2H3,(H,15,16). The van der Waals surface area contributed by atoms with Gasteiger partial charge < -0.3 is 15.0 Å². The summed E-state index contributed by atoms with van der Waals surface area (Å²) in [5.74, 6) is 0.916. The van der Waals surface area contributed by atoms with E-state index in [0.29, 0.717) is 23.9 Å². The summed E-state index contributed by atoms with van der Waals surface area (Å²) in [7, 11) is 2.13. The maximum atomic E-state index is 11.8. The van der Waals surface area contributed by atoms with Gasteiger partial charge in [-0.25, -0.2) is 9.78 Å². The molecule has 1 aliphatic rings. The number of aromatic nitrogens is 1. The Morgan fingerprint density at radius 2 is 2.47 bits per heavy atom. The largest absolute Gasteiger partial charge is 0.462 e. The number of carbonyl (C=O) groups is 1. The highest BCUT2D eigenvalue weighted by atomic mass is 16.5. The van der Waals surface area contributed by atoms with Gasteiger partial charge in [-0.05, 0) is 45.0 Å². The summed E-state index contributed by atoms with van der Waals surface area (Å²) in [6, 6.07) is 3.49. The summed E-state index contributed by atoms with van der Waals surface area (Å²) in [6.45, 7) is 5.25. The molecule has 1 unspecified atom stereocenters. The first kappa shape index (κ1) is 13.8. The summed E-state index contributed by atoms with van der Waals surface area (Å²) in [4.78, 5) is 18.4. The molecule has 0 aliphatic carbocycles. The van der Waals surface area contributed by atoms with Crippen LogP contribution in [0.3, 0.4) is 0 Å². The topological polar surface area (TPSA) is 54.5 Å². The number of anilines is 1. The van der Waals surface area contributed by atoms with Crippen molar-refractivity contribution >= 4 is 11.8 Å². The van der Waals surface area contributed by atoms with Crippen molar-refractivity contribution in [3.8, 4) is 0 Å². The minimum absolute atomic E-state index is 0.318. The average molecular weight is 263 g/mol. The molecule has 0 amide bonds. The second kappa shape index (κ2) is 6.52. The van der Waals surface area contributed by atoms with Crippen molar-refractivity contribution in [1.82, 2.24) is 9.88 Å². The smallest absolute Gasteiger partial charge is 0.341 e.